The van der Waals surface area contributed by atoms with Gasteiger partial charge in [0.1, 0.15) is 23.2 Å². The quantitative estimate of drug-likeness (QED) is 0.771. The van der Waals surface area contributed by atoms with Gasteiger partial charge in [-0.15, -0.1) is 0 Å². The molecule has 0 amide bonds. The van der Waals surface area contributed by atoms with Crippen molar-refractivity contribution in [3.8, 4) is 5.75 Å². The summed E-state index contributed by atoms with van der Waals surface area (Å²) in [4.78, 5) is 0. The summed E-state index contributed by atoms with van der Waals surface area (Å²) < 4.78 is 46.4. The number of ether oxygens (including phenoxy) is 1. The van der Waals surface area contributed by atoms with Gasteiger partial charge in [0.15, 0.2) is 0 Å². The topological polar surface area (TPSA) is 21.3 Å². The molecule has 2 rings (SSSR count). The van der Waals surface area contributed by atoms with E-state index in [0.717, 1.165) is 12.1 Å². The van der Waals surface area contributed by atoms with Crippen LogP contribution in [0.15, 0.2) is 34.8 Å². The molecule has 0 heterocycles. The number of nitrogens with one attached hydrogen (secondary N) is 1. The van der Waals surface area contributed by atoms with Crippen molar-refractivity contribution in [2.24, 2.45) is 0 Å². The van der Waals surface area contributed by atoms with E-state index in [9.17, 15) is 13.2 Å². The van der Waals surface area contributed by atoms with E-state index in [1.165, 1.54) is 19.2 Å². The molecule has 112 valence electrons. The molecule has 1 unspecified atom stereocenters. The molecular formula is C15H13BrF3NO. The van der Waals surface area contributed by atoms with Crippen LogP contribution in [0.4, 0.5) is 18.9 Å². The Balaban J connectivity index is 2.35. The van der Waals surface area contributed by atoms with Crippen LogP contribution >= 0.6 is 15.9 Å². The van der Waals surface area contributed by atoms with E-state index in [1.54, 1.807) is 13.0 Å². The summed E-state index contributed by atoms with van der Waals surface area (Å²) >= 11 is 2.90. The maximum Gasteiger partial charge on any atom is 0.147 e. The first-order valence-corrected chi connectivity index (χ1v) is 6.96. The zero-order valence-electron chi connectivity index (χ0n) is 11.4. The molecule has 2 aromatic rings. The van der Waals surface area contributed by atoms with Crippen molar-refractivity contribution < 1.29 is 17.9 Å². The Morgan fingerprint density at radius 3 is 2.48 bits per heavy atom. The monoisotopic (exact) mass is 359 g/mol. The van der Waals surface area contributed by atoms with E-state index < -0.39 is 23.5 Å². The summed E-state index contributed by atoms with van der Waals surface area (Å²) in [6.07, 6.45) is 0. The van der Waals surface area contributed by atoms with E-state index in [-0.39, 0.29) is 15.7 Å². The summed E-state index contributed by atoms with van der Waals surface area (Å²) in [5, 5.41) is 2.75. The highest BCUT2D eigenvalue weighted by atomic mass is 79.9. The maximum absolute atomic E-state index is 13.9. The standard InChI is InChI=1S/C15H13BrF3NO/c1-8(15-10(17)4-3-5-14(15)21-2)20-13-7-11(18)9(16)6-12(13)19/h3-8,20H,1-2H3. The van der Waals surface area contributed by atoms with Gasteiger partial charge in [-0.1, -0.05) is 6.07 Å². The van der Waals surface area contributed by atoms with Gasteiger partial charge >= 0.3 is 0 Å². The minimum atomic E-state index is -0.634. The molecule has 2 aromatic carbocycles. The van der Waals surface area contributed by atoms with Crippen LogP contribution in [0.25, 0.3) is 0 Å². The predicted octanol–water partition coefficient (Wildman–Crippen LogP) is 5.05. The Bertz CT molecular complexity index is 664. The lowest BCUT2D eigenvalue weighted by Gasteiger charge is -2.19. The van der Waals surface area contributed by atoms with Gasteiger partial charge in [0.25, 0.3) is 0 Å². The fourth-order valence-corrected chi connectivity index (χ4v) is 2.37. The van der Waals surface area contributed by atoms with E-state index in [4.69, 9.17) is 4.74 Å². The van der Waals surface area contributed by atoms with Gasteiger partial charge in [-0.25, -0.2) is 13.2 Å². The van der Waals surface area contributed by atoms with Crippen molar-refractivity contribution in [1.29, 1.82) is 0 Å². The number of halogens is 4. The Labute approximate surface area is 129 Å². The summed E-state index contributed by atoms with van der Waals surface area (Å²) in [5.74, 6) is -1.38. The van der Waals surface area contributed by atoms with Gasteiger partial charge in [-0.2, -0.15) is 0 Å². The zero-order valence-corrected chi connectivity index (χ0v) is 13.0. The SMILES string of the molecule is COc1cccc(F)c1C(C)Nc1cc(F)c(Br)cc1F. The lowest BCUT2D eigenvalue weighted by Crippen LogP contribution is -2.11. The molecule has 0 aromatic heterocycles. The molecule has 21 heavy (non-hydrogen) atoms. The first-order valence-electron chi connectivity index (χ1n) is 6.17. The van der Waals surface area contributed by atoms with Crippen LogP contribution in [0.5, 0.6) is 5.75 Å². The number of methoxy groups -OCH3 is 1. The Morgan fingerprint density at radius 2 is 1.81 bits per heavy atom. The molecule has 0 spiro atoms. The summed E-state index contributed by atoms with van der Waals surface area (Å²) in [5.41, 5.74) is 0.205. The van der Waals surface area contributed by atoms with Crippen LogP contribution in [0.3, 0.4) is 0 Å². The first kappa shape index (κ1) is 15.7. The number of rotatable bonds is 4. The van der Waals surface area contributed by atoms with E-state index in [0.29, 0.717) is 5.75 Å². The van der Waals surface area contributed by atoms with Crippen LogP contribution < -0.4 is 10.1 Å². The number of hydrogen-bond donors (Lipinski definition) is 1. The van der Waals surface area contributed by atoms with Crippen LogP contribution in [0.1, 0.15) is 18.5 Å². The fraction of sp³-hybridized carbons (Fsp3) is 0.200. The van der Waals surface area contributed by atoms with Crippen molar-refractivity contribution >= 4 is 21.6 Å². The number of benzene rings is 2. The third-order valence-electron chi connectivity index (χ3n) is 3.05. The van der Waals surface area contributed by atoms with Crippen LogP contribution in [0, 0.1) is 17.5 Å². The van der Waals surface area contributed by atoms with Gasteiger partial charge in [-0.3, -0.25) is 0 Å². The van der Waals surface area contributed by atoms with Crippen LogP contribution in [-0.4, -0.2) is 7.11 Å². The van der Waals surface area contributed by atoms with Gasteiger partial charge in [0.05, 0.1) is 28.9 Å². The number of anilines is 1. The lowest BCUT2D eigenvalue weighted by atomic mass is 10.1. The van der Waals surface area contributed by atoms with Crippen molar-refractivity contribution in [2.45, 2.75) is 13.0 Å². The molecule has 6 heteroatoms. The second-order valence-electron chi connectivity index (χ2n) is 4.47. The predicted molar refractivity (Wildman–Crippen MR) is 79.0 cm³/mol. The van der Waals surface area contributed by atoms with Gasteiger partial charge in [0.2, 0.25) is 0 Å². The maximum atomic E-state index is 13.9. The Morgan fingerprint density at radius 1 is 1.10 bits per heavy atom. The zero-order chi connectivity index (χ0) is 15.6. The normalized spacial score (nSPS) is 12.1. The molecule has 0 fully saturated rings. The number of hydrogen-bond acceptors (Lipinski definition) is 2. The van der Waals surface area contributed by atoms with E-state index in [1.807, 2.05) is 0 Å². The second-order valence-corrected chi connectivity index (χ2v) is 5.32. The molecule has 2 nitrogen and oxygen atoms in total. The van der Waals surface area contributed by atoms with Crippen molar-refractivity contribution in [1.82, 2.24) is 0 Å². The molecule has 1 N–H and O–H groups in total. The van der Waals surface area contributed by atoms with Crippen molar-refractivity contribution in [3.05, 3.63) is 57.8 Å². The molecule has 0 saturated heterocycles. The molecule has 0 radical (unpaired) electrons. The van der Waals surface area contributed by atoms with E-state index >= 15 is 0 Å². The lowest BCUT2D eigenvalue weighted by molar-refractivity contribution is 0.402. The largest absolute Gasteiger partial charge is 0.496 e. The summed E-state index contributed by atoms with van der Waals surface area (Å²) in [7, 11) is 1.42. The third kappa shape index (κ3) is 3.32. The molecular weight excluding hydrogens is 347 g/mol. The summed E-state index contributed by atoms with van der Waals surface area (Å²) in [6, 6.07) is 5.84. The fourth-order valence-electron chi connectivity index (χ4n) is 2.05. The van der Waals surface area contributed by atoms with Crippen LogP contribution in [0.2, 0.25) is 0 Å². The highest BCUT2D eigenvalue weighted by molar-refractivity contribution is 9.10. The Kier molecular flexibility index (Phi) is 4.77. The smallest absolute Gasteiger partial charge is 0.147 e. The average Bonchev–Trinajstić information content (AvgIpc) is 2.44. The average molecular weight is 360 g/mol. The highest BCUT2D eigenvalue weighted by Crippen LogP contribution is 2.32. The highest BCUT2D eigenvalue weighted by Gasteiger charge is 2.18. The molecule has 0 aliphatic heterocycles. The third-order valence-corrected chi connectivity index (χ3v) is 3.66. The minimum Gasteiger partial charge on any atom is -0.496 e. The van der Waals surface area contributed by atoms with Crippen LogP contribution in [-0.2, 0) is 0 Å². The molecule has 0 aliphatic carbocycles. The van der Waals surface area contributed by atoms with Gasteiger partial charge in [0, 0.05) is 6.07 Å². The molecule has 0 saturated carbocycles. The van der Waals surface area contributed by atoms with Gasteiger partial charge < -0.3 is 10.1 Å². The summed E-state index contributed by atoms with van der Waals surface area (Å²) in [6.45, 7) is 1.64. The van der Waals surface area contributed by atoms with Gasteiger partial charge in [-0.05, 0) is 41.1 Å². The molecule has 0 bridgehead atoms. The second kappa shape index (κ2) is 6.39. The molecule has 1 atom stereocenters. The van der Waals surface area contributed by atoms with Crippen molar-refractivity contribution in [2.75, 3.05) is 12.4 Å². The van der Waals surface area contributed by atoms with Crippen molar-refractivity contribution in [3.63, 3.8) is 0 Å². The Hall–Kier alpha value is -1.69. The molecule has 0 aliphatic rings. The first-order chi connectivity index (χ1) is 9.93. The van der Waals surface area contributed by atoms with E-state index in [2.05, 4.69) is 21.2 Å². The minimum absolute atomic E-state index is 0.0293.